The van der Waals surface area contributed by atoms with Gasteiger partial charge in [0, 0.05) is 6.42 Å². The highest BCUT2D eigenvalue weighted by Crippen LogP contribution is 2.17. The molecule has 1 aromatic carbocycles. The Morgan fingerprint density at radius 3 is 2.91 bits per heavy atom. The number of amides is 1. The van der Waals surface area contributed by atoms with Gasteiger partial charge in [-0.1, -0.05) is 12.1 Å². The maximum Gasteiger partial charge on any atom is 0.220 e. The molecule has 122 valence electrons. The Morgan fingerprint density at radius 2 is 2.18 bits per heavy atom. The fourth-order valence-corrected chi connectivity index (χ4v) is 2.81. The van der Waals surface area contributed by atoms with Crippen LogP contribution < -0.4 is 15.4 Å². The van der Waals surface area contributed by atoms with Gasteiger partial charge in [0.25, 0.3) is 0 Å². The third-order valence-corrected chi connectivity index (χ3v) is 4.15. The van der Waals surface area contributed by atoms with E-state index in [0.29, 0.717) is 18.9 Å². The molecule has 1 heterocycles. The lowest BCUT2D eigenvalue weighted by molar-refractivity contribution is -0.121. The van der Waals surface area contributed by atoms with E-state index in [4.69, 9.17) is 4.74 Å². The normalized spacial score (nSPS) is 17.0. The van der Waals surface area contributed by atoms with Crippen molar-refractivity contribution in [3.63, 3.8) is 0 Å². The molecule has 2 N–H and O–H groups in total. The molecule has 1 aliphatic rings. The average molecular weight is 304 g/mol. The first-order valence-corrected chi connectivity index (χ1v) is 8.34. The van der Waals surface area contributed by atoms with Crippen LogP contribution in [-0.2, 0) is 4.79 Å². The van der Waals surface area contributed by atoms with E-state index in [9.17, 15) is 4.79 Å². The number of hydrogen-bond acceptors (Lipinski definition) is 3. The van der Waals surface area contributed by atoms with Gasteiger partial charge in [0.1, 0.15) is 11.9 Å². The van der Waals surface area contributed by atoms with Crippen LogP contribution in [0.25, 0.3) is 0 Å². The van der Waals surface area contributed by atoms with Crippen molar-refractivity contribution in [2.75, 3.05) is 19.6 Å². The van der Waals surface area contributed by atoms with E-state index < -0.39 is 0 Å². The molecule has 1 amide bonds. The van der Waals surface area contributed by atoms with Gasteiger partial charge in [-0.3, -0.25) is 4.79 Å². The molecular formula is C18H28N2O2. The lowest BCUT2D eigenvalue weighted by Crippen LogP contribution is -2.34. The van der Waals surface area contributed by atoms with Crippen LogP contribution in [0.2, 0.25) is 0 Å². The van der Waals surface area contributed by atoms with Crippen molar-refractivity contribution in [2.24, 2.45) is 5.92 Å². The van der Waals surface area contributed by atoms with Crippen molar-refractivity contribution in [3.8, 4) is 5.75 Å². The van der Waals surface area contributed by atoms with E-state index in [1.165, 1.54) is 18.4 Å². The van der Waals surface area contributed by atoms with Crippen LogP contribution >= 0.6 is 0 Å². The second-order valence-electron chi connectivity index (χ2n) is 6.28. The number of rotatable bonds is 7. The van der Waals surface area contributed by atoms with Gasteiger partial charge >= 0.3 is 0 Å². The van der Waals surface area contributed by atoms with E-state index in [0.717, 1.165) is 25.3 Å². The van der Waals surface area contributed by atoms with Gasteiger partial charge < -0.3 is 15.4 Å². The number of hydrogen-bond donors (Lipinski definition) is 2. The van der Waals surface area contributed by atoms with Gasteiger partial charge in [0.05, 0.1) is 6.54 Å². The summed E-state index contributed by atoms with van der Waals surface area (Å²) in [5, 5.41) is 6.33. The molecule has 1 fully saturated rings. The zero-order valence-corrected chi connectivity index (χ0v) is 13.7. The van der Waals surface area contributed by atoms with E-state index in [2.05, 4.69) is 10.6 Å². The lowest BCUT2D eigenvalue weighted by atomic mass is 9.93. The molecular weight excluding hydrogens is 276 g/mol. The molecule has 22 heavy (non-hydrogen) atoms. The monoisotopic (exact) mass is 304 g/mol. The number of ether oxygens (including phenoxy) is 1. The van der Waals surface area contributed by atoms with Crippen LogP contribution in [0, 0.1) is 12.8 Å². The first-order valence-electron chi connectivity index (χ1n) is 8.34. The topological polar surface area (TPSA) is 50.4 Å². The van der Waals surface area contributed by atoms with Crippen LogP contribution in [0.1, 0.15) is 38.2 Å². The second kappa shape index (κ2) is 8.79. The Balaban J connectivity index is 1.62. The lowest BCUT2D eigenvalue weighted by Gasteiger charge is -2.22. The molecule has 2 rings (SSSR count). The molecule has 0 aromatic heterocycles. The molecule has 4 nitrogen and oxygen atoms in total. The smallest absolute Gasteiger partial charge is 0.220 e. The number of aryl methyl sites for hydroxylation is 1. The van der Waals surface area contributed by atoms with Gasteiger partial charge in [0.15, 0.2) is 0 Å². The summed E-state index contributed by atoms with van der Waals surface area (Å²) in [6.07, 6.45) is 3.99. The Bertz CT molecular complexity index is 470. The first kappa shape index (κ1) is 16.8. The van der Waals surface area contributed by atoms with E-state index in [-0.39, 0.29) is 12.0 Å². The largest absolute Gasteiger partial charge is 0.489 e. The van der Waals surface area contributed by atoms with E-state index in [1.807, 2.05) is 38.1 Å². The van der Waals surface area contributed by atoms with Crippen molar-refractivity contribution in [1.29, 1.82) is 0 Å². The van der Waals surface area contributed by atoms with Crippen LogP contribution in [0.4, 0.5) is 0 Å². The molecule has 1 aliphatic heterocycles. The summed E-state index contributed by atoms with van der Waals surface area (Å²) in [5.41, 5.74) is 1.18. The highest BCUT2D eigenvalue weighted by atomic mass is 16.5. The molecule has 0 radical (unpaired) electrons. The van der Waals surface area contributed by atoms with Crippen molar-refractivity contribution in [1.82, 2.24) is 10.6 Å². The molecule has 0 aliphatic carbocycles. The fraction of sp³-hybridized carbons (Fsp3) is 0.611. The van der Waals surface area contributed by atoms with Crippen LogP contribution in [0.15, 0.2) is 24.3 Å². The maximum atomic E-state index is 11.9. The highest BCUT2D eigenvalue weighted by molar-refractivity contribution is 5.75. The van der Waals surface area contributed by atoms with Gasteiger partial charge in [-0.2, -0.15) is 0 Å². The maximum absolute atomic E-state index is 11.9. The summed E-state index contributed by atoms with van der Waals surface area (Å²) in [4.78, 5) is 11.9. The van der Waals surface area contributed by atoms with E-state index in [1.54, 1.807) is 0 Å². The van der Waals surface area contributed by atoms with Crippen molar-refractivity contribution < 1.29 is 9.53 Å². The molecule has 1 atom stereocenters. The number of benzene rings is 1. The summed E-state index contributed by atoms with van der Waals surface area (Å²) in [6.45, 7) is 6.76. The third kappa shape index (κ3) is 6.06. The standard InChI is InChI=1S/C18H28N2O2/c1-14-4-3-5-17(12-14)22-15(2)13-20-18(21)7-6-16-8-10-19-11-9-16/h3-5,12,15-16,19H,6-11,13H2,1-2H3,(H,20,21). The number of nitrogens with one attached hydrogen (secondary N) is 2. The summed E-state index contributed by atoms with van der Waals surface area (Å²) in [7, 11) is 0. The number of piperidine rings is 1. The molecule has 0 saturated carbocycles. The minimum atomic E-state index is -0.0235. The van der Waals surface area contributed by atoms with Crippen LogP contribution in [-0.4, -0.2) is 31.6 Å². The Labute approximate surface area is 133 Å². The second-order valence-corrected chi connectivity index (χ2v) is 6.28. The molecule has 4 heteroatoms. The zero-order chi connectivity index (χ0) is 15.8. The first-order chi connectivity index (χ1) is 10.6. The van der Waals surface area contributed by atoms with Crippen LogP contribution in [0.5, 0.6) is 5.75 Å². The minimum absolute atomic E-state index is 0.0235. The third-order valence-electron chi connectivity index (χ3n) is 4.15. The summed E-state index contributed by atoms with van der Waals surface area (Å²) in [6, 6.07) is 7.98. The molecule has 0 spiro atoms. The average Bonchev–Trinajstić information content (AvgIpc) is 2.52. The molecule has 0 bridgehead atoms. The van der Waals surface area contributed by atoms with Crippen molar-refractivity contribution in [2.45, 2.75) is 45.6 Å². The Morgan fingerprint density at radius 1 is 1.41 bits per heavy atom. The SMILES string of the molecule is Cc1cccc(OC(C)CNC(=O)CCC2CCNCC2)c1. The van der Waals surface area contributed by atoms with Crippen molar-refractivity contribution in [3.05, 3.63) is 29.8 Å². The Hall–Kier alpha value is -1.55. The highest BCUT2D eigenvalue weighted by Gasteiger charge is 2.14. The summed E-state index contributed by atoms with van der Waals surface area (Å²) >= 11 is 0. The molecule has 1 aromatic rings. The van der Waals surface area contributed by atoms with Gasteiger partial charge in [0.2, 0.25) is 5.91 Å². The quantitative estimate of drug-likeness (QED) is 0.814. The minimum Gasteiger partial charge on any atom is -0.489 e. The predicted molar refractivity (Wildman–Crippen MR) is 89.1 cm³/mol. The summed E-state index contributed by atoms with van der Waals surface area (Å²) < 4.78 is 5.82. The fourth-order valence-electron chi connectivity index (χ4n) is 2.81. The number of carbonyl (C=O) groups excluding carboxylic acids is 1. The Kier molecular flexibility index (Phi) is 6.72. The van der Waals surface area contributed by atoms with Crippen molar-refractivity contribution >= 4 is 5.91 Å². The van der Waals surface area contributed by atoms with Gasteiger partial charge in [-0.05, 0) is 69.8 Å². The molecule has 1 saturated heterocycles. The summed E-state index contributed by atoms with van der Waals surface area (Å²) in [5.74, 6) is 1.70. The van der Waals surface area contributed by atoms with Crippen LogP contribution in [0.3, 0.4) is 0 Å². The van der Waals surface area contributed by atoms with Gasteiger partial charge in [-0.25, -0.2) is 0 Å². The van der Waals surface area contributed by atoms with Gasteiger partial charge in [-0.15, -0.1) is 0 Å². The number of carbonyl (C=O) groups is 1. The molecule has 1 unspecified atom stereocenters. The zero-order valence-electron chi connectivity index (χ0n) is 13.7. The van der Waals surface area contributed by atoms with E-state index >= 15 is 0 Å². The predicted octanol–water partition coefficient (Wildman–Crippen LogP) is 2.66.